The highest BCUT2D eigenvalue weighted by atomic mass is 16.2. The average molecular weight is 811 g/mol. The van der Waals surface area contributed by atoms with E-state index in [-0.39, 0.29) is 44.2 Å². The Kier molecular flexibility index (Phi) is 23.7. The van der Waals surface area contributed by atoms with Crippen molar-refractivity contribution in [1.82, 2.24) is 47.9 Å². The molecule has 0 saturated carbocycles. The first-order valence-electron chi connectivity index (χ1n) is 20.5. The Balaban J connectivity index is 1.81. The lowest BCUT2D eigenvalue weighted by Gasteiger charge is -2.23. The molecule has 0 aliphatic heterocycles. The first-order chi connectivity index (χ1) is 27.8. The second-order valence-corrected chi connectivity index (χ2v) is 15.2. The molecular weight excluding hydrogens is 741 g/mol. The molecule has 10 amide bonds. The fraction of sp³-hybridized carbons (Fsp3) is 0.585. The molecule has 58 heavy (non-hydrogen) atoms. The van der Waals surface area contributed by atoms with Crippen LogP contribution in [0.25, 0.3) is 0 Å². The molecule has 2 rings (SSSR count). The van der Waals surface area contributed by atoms with Crippen LogP contribution in [0.4, 0.5) is 24.0 Å². The van der Waals surface area contributed by atoms with Crippen molar-refractivity contribution in [3.8, 4) is 0 Å². The Morgan fingerprint density at radius 1 is 0.500 bits per heavy atom. The molecule has 0 aromatic heterocycles. The smallest absolute Gasteiger partial charge is 0.315 e. The van der Waals surface area contributed by atoms with Gasteiger partial charge in [0.1, 0.15) is 0 Å². The molecule has 0 heterocycles. The van der Waals surface area contributed by atoms with E-state index in [9.17, 15) is 24.0 Å². The number of primary amides is 1. The minimum absolute atomic E-state index is 0.137. The summed E-state index contributed by atoms with van der Waals surface area (Å²) in [4.78, 5) is 62.8. The summed E-state index contributed by atoms with van der Waals surface area (Å²) in [6.45, 7) is 10.1. The molecule has 0 aliphatic carbocycles. The number of unbranched alkanes of at least 4 members (excludes halogenated alkanes) is 2. The lowest BCUT2D eigenvalue weighted by atomic mass is 10.0. The van der Waals surface area contributed by atoms with E-state index >= 15 is 0 Å². The van der Waals surface area contributed by atoms with Crippen LogP contribution in [0, 0.1) is 19.8 Å². The van der Waals surface area contributed by atoms with E-state index < -0.39 is 42.2 Å². The number of nitrogens with one attached hydrogen (secondary N) is 9. The molecule has 0 fully saturated rings. The summed E-state index contributed by atoms with van der Waals surface area (Å²) in [5.41, 5.74) is 21.2. The van der Waals surface area contributed by atoms with Crippen LogP contribution in [0.3, 0.4) is 0 Å². The Morgan fingerprint density at radius 3 is 1.36 bits per heavy atom. The van der Waals surface area contributed by atoms with Crippen molar-refractivity contribution < 1.29 is 24.0 Å². The molecule has 0 radical (unpaired) electrons. The zero-order chi connectivity index (χ0) is 42.7. The fourth-order valence-electron chi connectivity index (χ4n) is 6.11. The highest BCUT2D eigenvalue weighted by Gasteiger charge is 2.19. The number of nitrogens with two attached hydrogens (primary N) is 3. The minimum Gasteiger partial charge on any atom is -0.352 e. The quantitative estimate of drug-likeness (QED) is 0.0630. The Hall–Kier alpha value is -5.29. The van der Waals surface area contributed by atoms with E-state index in [4.69, 9.17) is 17.2 Å². The van der Waals surface area contributed by atoms with E-state index in [0.717, 1.165) is 43.2 Å². The second kappa shape index (κ2) is 28.2. The summed E-state index contributed by atoms with van der Waals surface area (Å²) in [6, 6.07) is 12.3. The SMILES string of the molecule is Cc1ccc(C[C@H](C)CNC(=O)N[C@@H](CCCCN)CNC(=O)N[C@@H](C)CNC(=O)N[C@@H](CCCCN)CNC(=O)N[C@H](CNC(N)=O)Cc2ccc(C)cc2)cc1. The van der Waals surface area contributed by atoms with Gasteiger partial charge in [-0.2, -0.15) is 0 Å². The molecule has 2 aromatic carbocycles. The van der Waals surface area contributed by atoms with Gasteiger partial charge in [0, 0.05) is 50.8 Å². The average Bonchev–Trinajstić information content (AvgIpc) is 3.18. The lowest BCUT2D eigenvalue weighted by Crippen LogP contribution is -2.54. The van der Waals surface area contributed by atoms with Crippen LogP contribution in [0.15, 0.2) is 48.5 Å². The molecule has 0 spiro atoms. The predicted octanol–water partition coefficient (Wildman–Crippen LogP) is 2.34. The summed E-state index contributed by atoms with van der Waals surface area (Å²) in [6.07, 6.45) is 5.61. The maximum atomic E-state index is 12.9. The number of carbonyl (C=O) groups excluding carboxylic acids is 5. The highest BCUT2D eigenvalue weighted by Crippen LogP contribution is 2.10. The number of hydrogen-bond acceptors (Lipinski definition) is 7. The van der Waals surface area contributed by atoms with E-state index in [1.54, 1.807) is 6.92 Å². The summed E-state index contributed by atoms with van der Waals surface area (Å²) in [5.74, 6) is 0.239. The van der Waals surface area contributed by atoms with Crippen molar-refractivity contribution in [3.63, 3.8) is 0 Å². The van der Waals surface area contributed by atoms with Gasteiger partial charge in [-0.25, -0.2) is 24.0 Å². The van der Waals surface area contributed by atoms with Crippen LogP contribution < -0.4 is 65.1 Å². The number of benzene rings is 2. The molecule has 2 aromatic rings. The van der Waals surface area contributed by atoms with Crippen LogP contribution in [-0.2, 0) is 12.8 Å². The normalized spacial score (nSPS) is 13.4. The molecule has 324 valence electrons. The van der Waals surface area contributed by atoms with Crippen molar-refractivity contribution in [3.05, 3.63) is 70.8 Å². The van der Waals surface area contributed by atoms with Gasteiger partial charge in [-0.05, 0) is 89.4 Å². The van der Waals surface area contributed by atoms with Crippen molar-refractivity contribution in [2.75, 3.05) is 45.8 Å². The van der Waals surface area contributed by atoms with Gasteiger partial charge in [0.25, 0.3) is 0 Å². The van der Waals surface area contributed by atoms with Crippen molar-refractivity contribution in [2.45, 2.75) is 103 Å². The topological polar surface area (TPSA) is 272 Å². The standard InChI is InChI=1S/C41H70N12O5/c1-28-11-15-32(16-12-28)21-30(3)23-46-39(56)51-34(9-5-7-19-42)25-48-38(55)50-31(4)24-47-40(57)52-35(10-6-8-20-43)26-49-41(58)53-36(27-45-37(44)54)22-33-17-13-29(2)14-18-33/h11-18,30-31,34-36H,5-10,19-27,42-43H2,1-4H3,(H3,44,45,54)(H2,46,51,56)(H2,47,52,57)(H2,48,50,55)(H2,49,53,58)/t30-,31-,34-,35-,36-/m0/s1. The minimum atomic E-state index is -0.691. The van der Waals surface area contributed by atoms with Crippen LogP contribution in [-0.4, -0.2) is 100 Å². The Bertz CT molecular complexity index is 1510. The number of urea groups is 5. The molecular formula is C41H70N12O5. The van der Waals surface area contributed by atoms with Gasteiger partial charge in [0.15, 0.2) is 0 Å². The summed E-state index contributed by atoms with van der Waals surface area (Å²) >= 11 is 0. The zero-order valence-corrected chi connectivity index (χ0v) is 34.9. The van der Waals surface area contributed by atoms with E-state index in [2.05, 4.69) is 86.0 Å². The van der Waals surface area contributed by atoms with Crippen molar-refractivity contribution >= 4 is 30.2 Å². The van der Waals surface area contributed by atoms with Gasteiger partial charge >= 0.3 is 30.2 Å². The molecule has 0 saturated heterocycles. The predicted molar refractivity (Wildman–Crippen MR) is 229 cm³/mol. The first kappa shape index (κ1) is 48.9. The number of rotatable bonds is 26. The highest BCUT2D eigenvalue weighted by molar-refractivity contribution is 5.77. The number of aryl methyl sites for hydroxylation is 2. The maximum Gasteiger partial charge on any atom is 0.315 e. The monoisotopic (exact) mass is 811 g/mol. The van der Waals surface area contributed by atoms with Crippen LogP contribution in [0.2, 0.25) is 0 Å². The van der Waals surface area contributed by atoms with Gasteiger partial charge in [0.2, 0.25) is 0 Å². The van der Waals surface area contributed by atoms with Crippen LogP contribution >= 0.6 is 0 Å². The number of carbonyl (C=O) groups is 5. The summed E-state index contributed by atoms with van der Waals surface area (Å²) in [7, 11) is 0. The number of amides is 10. The van der Waals surface area contributed by atoms with Gasteiger partial charge in [-0.1, -0.05) is 79.4 Å². The third kappa shape index (κ3) is 23.1. The summed E-state index contributed by atoms with van der Waals surface area (Å²) in [5, 5.41) is 25.5. The maximum absolute atomic E-state index is 12.9. The third-order valence-corrected chi connectivity index (χ3v) is 9.42. The Morgan fingerprint density at radius 2 is 0.897 bits per heavy atom. The molecule has 17 heteroatoms. The van der Waals surface area contributed by atoms with Crippen molar-refractivity contribution in [2.24, 2.45) is 23.1 Å². The van der Waals surface area contributed by atoms with Gasteiger partial charge < -0.3 is 65.1 Å². The molecule has 15 N–H and O–H groups in total. The zero-order valence-electron chi connectivity index (χ0n) is 34.9. The van der Waals surface area contributed by atoms with E-state index in [1.807, 2.05) is 31.2 Å². The lowest BCUT2D eigenvalue weighted by molar-refractivity contribution is 0.225. The molecule has 5 atom stereocenters. The van der Waals surface area contributed by atoms with Gasteiger partial charge in [-0.15, -0.1) is 0 Å². The second-order valence-electron chi connectivity index (χ2n) is 15.2. The Labute approximate surface area is 344 Å². The first-order valence-corrected chi connectivity index (χ1v) is 20.5. The van der Waals surface area contributed by atoms with Crippen LogP contribution in [0.1, 0.15) is 74.6 Å². The summed E-state index contributed by atoms with van der Waals surface area (Å²) < 4.78 is 0. The van der Waals surface area contributed by atoms with E-state index in [0.29, 0.717) is 38.9 Å². The van der Waals surface area contributed by atoms with Crippen molar-refractivity contribution in [1.29, 1.82) is 0 Å². The fourth-order valence-corrected chi connectivity index (χ4v) is 6.11. The molecule has 0 unspecified atom stereocenters. The molecule has 0 aliphatic rings. The number of hydrogen-bond donors (Lipinski definition) is 12. The van der Waals surface area contributed by atoms with Gasteiger partial charge in [-0.3, -0.25) is 0 Å². The molecule has 17 nitrogen and oxygen atoms in total. The largest absolute Gasteiger partial charge is 0.352 e. The van der Waals surface area contributed by atoms with Gasteiger partial charge in [0.05, 0.1) is 6.04 Å². The van der Waals surface area contributed by atoms with Crippen LogP contribution in [0.5, 0.6) is 0 Å². The third-order valence-electron chi connectivity index (χ3n) is 9.42. The van der Waals surface area contributed by atoms with E-state index in [1.165, 1.54) is 11.1 Å². The molecule has 0 bridgehead atoms.